The maximum absolute atomic E-state index is 11.8. The Balaban J connectivity index is 2.10. The van der Waals surface area contributed by atoms with Crippen molar-refractivity contribution in [1.82, 2.24) is 19.7 Å². The summed E-state index contributed by atoms with van der Waals surface area (Å²) in [4.78, 5) is 27.5. The number of ether oxygens (including phenoxy) is 1. The number of carbonyl (C=O) groups excluding carboxylic acids is 1. The molecule has 3 rings (SSSR count). The van der Waals surface area contributed by atoms with E-state index in [4.69, 9.17) is 4.74 Å². The van der Waals surface area contributed by atoms with Gasteiger partial charge in [0.2, 0.25) is 0 Å². The van der Waals surface area contributed by atoms with Crippen LogP contribution in [0.1, 0.15) is 15.9 Å². The van der Waals surface area contributed by atoms with Crippen molar-refractivity contribution in [2.45, 2.75) is 6.54 Å². The largest absolute Gasteiger partial charge is 0.465 e. The van der Waals surface area contributed by atoms with Gasteiger partial charge in [-0.2, -0.15) is 5.10 Å². The van der Waals surface area contributed by atoms with Gasteiger partial charge >= 0.3 is 5.97 Å². The van der Waals surface area contributed by atoms with Crippen LogP contribution in [0.5, 0.6) is 0 Å². The Morgan fingerprint density at radius 1 is 1.33 bits per heavy atom. The fourth-order valence-electron chi connectivity index (χ4n) is 2.14. The molecule has 1 aromatic rings. The molecule has 1 aromatic heterocycles. The molecule has 0 aliphatic carbocycles. The lowest BCUT2D eigenvalue weighted by molar-refractivity contribution is 0.0600. The Kier molecular flexibility index (Phi) is 3.23. The summed E-state index contributed by atoms with van der Waals surface area (Å²) < 4.78 is 6.49. The molecular weight excluding hydrogens is 272 g/mol. The second-order valence-electron chi connectivity index (χ2n) is 4.51. The molecule has 0 amide bonds. The molecule has 0 spiro atoms. The first-order valence-corrected chi connectivity index (χ1v) is 6.24. The normalized spacial score (nSPS) is 10.7. The number of H-pyrrole nitrogens is 1. The smallest absolute Gasteiger partial charge is 0.341 e. The number of hydrogen-bond donors (Lipinski definition) is 1. The Labute approximate surface area is 119 Å². The first-order valence-electron chi connectivity index (χ1n) is 6.24. The standard InChI is InChI=1S/C14H12N4O3/c1-21-14(20)11-8-18(6-9-2-4-15-5-3-9)7-10-12(11)16-17-13(10)19/h2-5,7-8H,6H2,1H3,(H,17,19). The fraction of sp³-hybridized carbons (Fsp3) is 0.143. The van der Waals surface area contributed by atoms with Crippen molar-refractivity contribution in [3.05, 3.63) is 58.4 Å². The molecule has 3 heterocycles. The van der Waals surface area contributed by atoms with Crippen LogP contribution in [0.4, 0.5) is 0 Å². The van der Waals surface area contributed by atoms with Gasteiger partial charge in [0.15, 0.2) is 0 Å². The van der Waals surface area contributed by atoms with Crippen LogP contribution in [0, 0.1) is 0 Å². The molecule has 0 saturated heterocycles. The van der Waals surface area contributed by atoms with Crippen LogP contribution >= 0.6 is 0 Å². The van der Waals surface area contributed by atoms with Crippen LogP contribution in [0.2, 0.25) is 0 Å². The average Bonchev–Trinajstić information content (AvgIpc) is 2.88. The van der Waals surface area contributed by atoms with E-state index in [1.807, 2.05) is 12.1 Å². The van der Waals surface area contributed by atoms with Gasteiger partial charge < -0.3 is 9.30 Å². The molecule has 0 radical (unpaired) electrons. The summed E-state index contributed by atoms with van der Waals surface area (Å²) in [5.41, 5.74) is 1.59. The third-order valence-electron chi connectivity index (χ3n) is 3.13. The predicted molar refractivity (Wildman–Crippen MR) is 74.1 cm³/mol. The van der Waals surface area contributed by atoms with E-state index in [9.17, 15) is 9.59 Å². The first-order chi connectivity index (χ1) is 10.2. The van der Waals surface area contributed by atoms with Gasteiger partial charge in [-0.25, -0.2) is 9.89 Å². The van der Waals surface area contributed by atoms with E-state index in [0.29, 0.717) is 17.8 Å². The average molecular weight is 284 g/mol. The number of nitrogens with one attached hydrogen (secondary N) is 1. The molecule has 0 unspecified atom stereocenters. The molecule has 7 nitrogen and oxygen atoms in total. The van der Waals surface area contributed by atoms with Crippen LogP contribution in [-0.2, 0) is 11.3 Å². The van der Waals surface area contributed by atoms with Gasteiger partial charge in [0, 0.05) is 31.3 Å². The predicted octanol–water partition coefficient (Wildman–Crippen LogP) is 0.906. The van der Waals surface area contributed by atoms with E-state index in [1.165, 1.54) is 7.11 Å². The highest BCUT2D eigenvalue weighted by molar-refractivity contribution is 5.95. The number of aromatic amines is 1. The minimum atomic E-state index is -0.532. The fourth-order valence-corrected chi connectivity index (χ4v) is 2.14. The number of fused-ring (bicyclic) bond motifs is 1. The summed E-state index contributed by atoms with van der Waals surface area (Å²) in [7, 11) is 1.29. The second-order valence-corrected chi connectivity index (χ2v) is 4.51. The monoisotopic (exact) mass is 284 g/mol. The van der Waals surface area contributed by atoms with E-state index in [0.717, 1.165) is 5.56 Å². The van der Waals surface area contributed by atoms with E-state index in [1.54, 1.807) is 29.4 Å². The Bertz CT molecular complexity index is 807. The van der Waals surface area contributed by atoms with Crippen molar-refractivity contribution in [3.8, 4) is 11.3 Å². The summed E-state index contributed by atoms with van der Waals surface area (Å²) in [5.74, 6) is -0.532. The molecule has 0 saturated carbocycles. The highest BCUT2D eigenvalue weighted by Gasteiger charge is 2.21. The molecule has 0 fully saturated rings. The lowest BCUT2D eigenvalue weighted by Crippen LogP contribution is -2.12. The van der Waals surface area contributed by atoms with Crippen molar-refractivity contribution < 1.29 is 9.53 Å². The summed E-state index contributed by atoms with van der Waals surface area (Å²) in [5, 5.41) is 6.22. The van der Waals surface area contributed by atoms with Gasteiger partial charge in [-0.15, -0.1) is 0 Å². The van der Waals surface area contributed by atoms with Crippen LogP contribution < -0.4 is 5.56 Å². The zero-order valence-corrected chi connectivity index (χ0v) is 11.2. The maximum atomic E-state index is 11.8. The molecule has 2 aliphatic heterocycles. The highest BCUT2D eigenvalue weighted by Crippen LogP contribution is 2.21. The zero-order chi connectivity index (χ0) is 14.8. The van der Waals surface area contributed by atoms with Crippen molar-refractivity contribution >= 4 is 5.97 Å². The van der Waals surface area contributed by atoms with Gasteiger partial charge in [-0.3, -0.25) is 9.78 Å². The quantitative estimate of drug-likeness (QED) is 0.722. The first kappa shape index (κ1) is 13.0. The van der Waals surface area contributed by atoms with Crippen molar-refractivity contribution in [2.75, 3.05) is 7.11 Å². The number of hydrogen-bond acceptors (Lipinski definition) is 5. The number of rotatable bonds is 3. The maximum Gasteiger partial charge on any atom is 0.341 e. The van der Waals surface area contributed by atoms with Gasteiger partial charge in [0.05, 0.1) is 12.7 Å². The van der Waals surface area contributed by atoms with E-state index in [-0.39, 0.29) is 11.1 Å². The second kappa shape index (κ2) is 5.20. The minimum absolute atomic E-state index is 0.252. The number of pyridine rings is 2. The van der Waals surface area contributed by atoms with E-state index >= 15 is 0 Å². The molecule has 0 bridgehead atoms. The summed E-state index contributed by atoms with van der Waals surface area (Å²) in [6.07, 6.45) is 6.65. The Morgan fingerprint density at radius 3 is 2.81 bits per heavy atom. The topological polar surface area (TPSA) is 89.9 Å². The van der Waals surface area contributed by atoms with Gasteiger partial charge in [-0.1, -0.05) is 0 Å². The van der Waals surface area contributed by atoms with Gasteiger partial charge in [0.1, 0.15) is 11.3 Å². The molecule has 2 aliphatic rings. The molecule has 1 N–H and O–H groups in total. The molecule has 106 valence electrons. The van der Waals surface area contributed by atoms with E-state index in [2.05, 4.69) is 15.2 Å². The van der Waals surface area contributed by atoms with Gasteiger partial charge in [0.25, 0.3) is 5.56 Å². The Morgan fingerprint density at radius 2 is 2.10 bits per heavy atom. The zero-order valence-electron chi connectivity index (χ0n) is 11.2. The summed E-state index contributed by atoms with van der Waals surface area (Å²) in [6, 6.07) is 3.73. The molecule has 0 aromatic carbocycles. The lowest BCUT2D eigenvalue weighted by atomic mass is 10.1. The van der Waals surface area contributed by atoms with Crippen molar-refractivity contribution in [3.63, 3.8) is 0 Å². The number of aromatic nitrogens is 4. The van der Waals surface area contributed by atoms with Crippen LogP contribution in [-0.4, -0.2) is 32.8 Å². The third kappa shape index (κ3) is 2.40. The number of methoxy groups -OCH3 is 1. The van der Waals surface area contributed by atoms with Crippen LogP contribution in [0.15, 0.2) is 41.7 Å². The van der Waals surface area contributed by atoms with Gasteiger partial charge in [-0.05, 0) is 17.7 Å². The molecule has 7 heteroatoms. The summed E-state index contributed by atoms with van der Waals surface area (Å²) in [6.45, 7) is 0.507. The molecular formula is C14H12N4O3. The molecule has 0 atom stereocenters. The van der Waals surface area contributed by atoms with Crippen molar-refractivity contribution in [1.29, 1.82) is 0 Å². The third-order valence-corrected chi connectivity index (χ3v) is 3.13. The van der Waals surface area contributed by atoms with Crippen LogP contribution in [0.3, 0.4) is 0 Å². The lowest BCUT2D eigenvalue weighted by Gasteiger charge is -2.11. The highest BCUT2D eigenvalue weighted by atomic mass is 16.5. The summed E-state index contributed by atoms with van der Waals surface area (Å²) >= 11 is 0. The Hall–Kier alpha value is -2.96. The minimum Gasteiger partial charge on any atom is -0.465 e. The SMILES string of the molecule is COC(=O)c1cn(Cc2ccncc2)cc2c(=O)[nH]nc1-2. The van der Waals surface area contributed by atoms with E-state index < -0.39 is 5.97 Å². The van der Waals surface area contributed by atoms with Crippen molar-refractivity contribution in [2.24, 2.45) is 0 Å². The number of esters is 1. The number of carbonyl (C=O) groups is 1. The number of nitrogens with zero attached hydrogens (tertiary/aromatic N) is 3. The van der Waals surface area contributed by atoms with Crippen LogP contribution in [0.25, 0.3) is 11.3 Å². The molecule has 21 heavy (non-hydrogen) atoms.